The maximum absolute atomic E-state index is 12.7. The molecule has 0 spiro atoms. The Bertz CT molecular complexity index is 1490. The van der Waals surface area contributed by atoms with Crippen LogP contribution >= 0.6 is 11.3 Å². The van der Waals surface area contributed by atoms with Crippen LogP contribution in [0.3, 0.4) is 0 Å². The molecule has 4 aromatic rings. The highest BCUT2D eigenvalue weighted by molar-refractivity contribution is 7.16. The summed E-state index contributed by atoms with van der Waals surface area (Å²) < 4.78 is 27.5. The predicted octanol–water partition coefficient (Wildman–Crippen LogP) is 6.42. The Labute approximate surface area is 252 Å². The third kappa shape index (κ3) is 8.16. The molecule has 42 heavy (non-hydrogen) atoms. The Kier molecular flexibility index (Phi) is 10.3. The Balaban J connectivity index is 1.14. The van der Waals surface area contributed by atoms with Crippen LogP contribution in [0, 0.1) is 0 Å². The van der Waals surface area contributed by atoms with Crippen molar-refractivity contribution in [1.29, 1.82) is 0 Å². The molecular formula is C31H42N4O5SSi. The van der Waals surface area contributed by atoms with Gasteiger partial charge in [0.2, 0.25) is 0 Å². The number of hydrogen-bond acceptors (Lipinski definition) is 8. The van der Waals surface area contributed by atoms with Crippen molar-refractivity contribution in [3.63, 3.8) is 0 Å². The molecule has 9 nitrogen and oxygen atoms in total. The first-order valence-electron chi connectivity index (χ1n) is 14.9. The lowest BCUT2D eigenvalue weighted by Gasteiger charge is -2.22. The number of ether oxygens (including phenoxy) is 4. The summed E-state index contributed by atoms with van der Waals surface area (Å²) in [5.41, 5.74) is 2.95. The maximum Gasteiger partial charge on any atom is 0.310 e. The summed E-state index contributed by atoms with van der Waals surface area (Å²) in [5, 5.41) is 4.79. The molecule has 2 unspecified atom stereocenters. The number of rotatable bonds is 14. The van der Waals surface area contributed by atoms with Crippen LogP contribution in [0.15, 0.2) is 53.6 Å². The molecule has 0 aliphatic carbocycles. The normalized spacial score (nSPS) is 16.6. The molecule has 0 bridgehead atoms. The lowest BCUT2D eigenvalue weighted by Crippen LogP contribution is -2.23. The van der Waals surface area contributed by atoms with Crippen molar-refractivity contribution in [3.8, 4) is 11.6 Å². The molecule has 1 fully saturated rings. The summed E-state index contributed by atoms with van der Waals surface area (Å²) >= 11 is 1.26. The maximum atomic E-state index is 12.7. The van der Waals surface area contributed by atoms with Gasteiger partial charge in [0.1, 0.15) is 12.5 Å². The van der Waals surface area contributed by atoms with Gasteiger partial charge in [0.15, 0.2) is 12.1 Å². The molecule has 1 aliphatic heterocycles. The zero-order valence-corrected chi connectivity index (χ0v) is 26.9. The van der Waals surface area contributed by atoms with E-state index < -0.39 is 8.07 Å². The third-order valence-electron chi connectivity index (χ3n) is 7.42. The quantitative estimate of drug-likeness (QED) is 0.120. The van der Waals surface area contributed by atoms with Gasteiger partial charge >= 0.3 is 4.87 Å². The molecule has 226 valence electrons. The minimum Gasteiger partial charge on any atom is -0.492 e. The Morgan fingerprint density at radius 2 is 2.00 bits per heavy atom. The number of nitrogens with zero attached hydrogens (tertiary/aromatic N) is 4. The molecule has 11 heteroatoms. The molecule has 5 rings (SSSR count). The van der Waals surface area contributed by atoms with E-state index in [9.17, 15) is 4.79 Å². The average molecular weight is 611 g/mol. The highest BCUT2D eigenvalue weighted by Crippen LogP contribution is 2.28. The van der Waals surface area contributed by atoms with Crippen molar-refractivity contribution in [2.45, 2.75) is 77.2 Å². The van der Waals surface area contributed by atoms with E-state index in [1.54, 1.807) is 15.4 Å². The average Bonchev–Trinajstić information content (AvgIpc) is 3.59. The van der Waals surface area contributed by atoms with Crippen LogP contribution in [-0.2, 0) is 20.9 Å². The fourth-order valence-corrected chi connectivity index (χ4v) is 6.46. The lowest BCUT2D eigenvalue weighted by atomic mass is 9.98. The fourth-order valence-electron chi connectivity index (χ4n) is 4.78. The number of thiazole rings is 1. The molecule has 0 saturated carbocycles. The summed E-state index contributed by atoms with van der Waals surface area (Å²) in [4.78, 5) is 17.2. The largest absolute Gasteiger partial charge is 0.492 e. The van der Waals surface area contributed by atoms with Gasteiger partial charge in [0.05, 0.1) is 35.3 Å². The highest BCUT2D eigenvalue weighted by atomic mass is 32.1. The van der Waals surface area contributed by atoms with E-state index in [4.69, 9.17) is 24.0 Å². The second-order valence-corrected chi connectivity index (χ2v) is 18.6. The van der Waals surface area contributed by atoms with Crippen molar-refractivity contribution in [2.24, 2.45) is 0 Å². The van der Waals surface area contributed by atoms with Gasteiger partial charge in [-0.25, -0.2) is 9.67 Å². The lowest BCUT2D eigenvalue weighted by molar-refractivity contribution is -0.163. The van der Waals surface area contributed by atoms with Crippen LogP contribution in [0.25, 0.3) is 16.0 Å². The van der Waals surface area contributed by atoms with Gasteiger partial charge in [-0.05, 0) is 61.2 Å². The Morgan fingerprint density at radius 1 is 1.12 bits per heavy atom. The molecule has 1 saturated heterocycles. The van der Waals surface area contributed by atoms with E-state index in [1.165, 1.54) is 17.8 Å². The van der Waals surface area contributed by atoms with Gasteiger partial charge in [0, 0.05) is 39.8 Å². The molecular weight excluding hydrogens is 569 g/mol. The van der Waals surface area contributed by atoms with E-state index in [1.807, 2.05) is 30.5 Å². The Hall–Kier alpha value is -2.83. The van der Waals surface area contributed by atoms with Crippen LogP contribution in [-0.4, -0.2) is 60.1 Å². The van der Waals surface area contributed by atoms with Crippen LogP contribution in [0.2, 0.25) is 25.7 Å². The van der Waals surface area contributed by atoms with Gasteiger partial charge < -0.3 is 18.9 Å². The van der Waals surface area contributed by atoms with E-state index >= 15 is 0 Å². The first kappa shape index (κ1) is 30.6. The monoisotopic (exact) mass is 610 g/mol. The van der Waals surface area contributed by atoms with Crippen LogP contribution in [0.4, 0.5) is 0 Å². The number of pyridine rings is 1. The molecule has 0 radical (unpaired) electrons. The van der Waals surface area contributed by atoms with Gasteiger partial charge in [-0.3, -0.25) is 9.36 Å². The first-order valence-corrected chi connectivity index (χ1v) is 19.4. The predicted molar refractivity (Wildman–Crippen MR) is 169 cm³/mol. The van der Waals surface area contributed by atoms with Gasteiger partial charge in [0.25, 0.3) is 0 Å². The van der Waals surface area contributed by atoms with Gasteiger partial charge in [-0.1, -0.05) is 44.0 Å². The summed E-state index contributed by atoms with van der Waals surface area (Å²) in [6.45, 7) is 12.1. The number of fused-ring (bicyclic) bond motifs is 1. The Morgan fingerprint density at radius 3 is 2.76 bits per heavy atom. The number of hydrogen-bond donors (Lipinski definition) is 0. The van der Waals surface area contributed by atoms with Crippen molar-refractivity contribution < 1.29 is 18.9 Å². The van der Waals surface area contributed by atoms with Crippen molar-refractivity contribution in [3.05, 3.63) is 69.7 Å². The fraction of sp³-hybridized carbons (Fsp3) is 0.516. The molecule has 2 atom stereocenters. The smallest absolute Gasteiger partial charge is 0.310 e. The van der Waals surface area contributed by atoms with E-state index in [2.05, 4.69) is 43.7 Å². The standard InChI is InChI=1S/C31H42N4O5SSi/c1-23(24-9-11-27-28(20-24)41-31(36)34(27)22-37-18-19-42(2,3)4)26-13-14-35(33-26)29-12-10-25(21-32-29)38-16-7-17-40-30-8-5-6-15-39-30/h9-14,20-21,23,30H,5-8,15-19,22H2,1-4H3. The first-order chi connectivity index (χ1) is 20.3. The molecule has 4 heterocycles. The summed E-state index contributed by atoms with van der Waals surface area (Å²) in [7, 11) is -1.17. The number of benzene rings is 1. The zero-order valence-electron chi connectivity index (χ0n) is 25.1. The molecule has 1 aromatic carbocycles. The zero-order chi connectivity index (χ0) is 29.5. The van der Waals surface area contributed by atoms with E-state index in [-0.39, 0.29) is 17.1 Å². The molecule has 0 amide bonds. The summed E-state index contributed by atoms with van der Waals surface area (Å²) in [5.74, 6) is 1.49. The van der Waals surface area contributed by atoms with Crippen molar-refractivity contribution in [2.75, 3.05) is 26.4 Å². The second-order valence-electron chi connectivity index (χ2n) is 12.0. The minimum absolute atomic E-state index is 0.00737. The van der Waals surface area contributed by atoms with Crippen LogP contribution in [0.5, 0.6) is 5.75 Å². The van der Waals surface area contributed by atoms with Gasteiger partial charge in [-0.15, -0.1) is 0 Å². The third-order valence-corrected chi connectivity index (χ3v) is 10.1. The van der Waals surface area contributed by atoms with Gasteiger partial charge in [-0.2, -0.15) is 5.10 Å². The minimum atomic E-state index is -1.17. The summed E-state index contributed by atoms with van der Waals surface area (Å²) in [6, 6.07) is 13.1. The van der Waals surface area contributed by atoms with Crippen LogP contribution in [0.1, 0.15) is 49.8 Å². The molecule has 1 aliphatic rings. The molecule has 3 aromatic heterocycles. The second kappa shape index (κ2) is 14.1. The van der Waals surface area contributed by atoms with E-state index in [0.717, 1.165) is 59.2 Å². The number of aromatic nitrogens is 4. The van der Waals surface area contributed by atoms with Crippen LogP contribution < -0.4 is 9.61 Å². The highest BCUT2D eigenvalue weighted by Gasteiger charge is 2.17. The summed E-state index contributed by atoms with van der Waals surface area (Å²) in [6.07, 6.45) is 7.64. The van der Waals surface area contributed by atoms with Crippen molar-refractivity contribution >= 4 is 29.6 Å². The van der Waals surface area contributed by atoms with Crippen molar-refractivity contribution in [1.82, 2.24) is 19.3 Å². The van der Waals surface area contributed by atoms with E-state index in [0.29, 0.717) is 32.3 Å². The molecule has 0 N–H and O–H groups in total. The SMILES string of the molecule is CC(c1ccc2c(c1)sc(=O)n2COCC[Si](C)(C)C)c1ccn(-c2ccc(OCCCOC3CCCCO3)cn2)n1. The topological polar surface area (TPSA) is 89.6 Å².